The molecule has 1 aliphatic heterocycles. The van der Waals surface area contributed by atoms with Gasteiger partial charge in [0.15, 0.2) is 0 Å². The molecule has 73 heavy (non-hydrogen) atoms. The van der Waals surface area contributed by atoms with E-state index in [2.05, 4.69) is 50.8 Å². The summed E-state index contributed by atoms with van der Waals surface area (Å²) >= 11 is 31.2. The summed E-state index contributed by atoms with van der Waals surface area (Å²) in [6, 6.07) is 24.3. The molecule has 28 heteroatoms. The van der Waals surface area contributed by atoms with Crippen LogP contribution in [0.25, 0.3) is 11.4 Å². The summed E-state index contributed by atoms with van der Waals surface area (Å²) in [6.07, 6.45) is -0.437. The average molecular weight is 1480 g/mol. The summed E-state index contributed by atoms with van der Waals surface area (Å²) in [6.45, 7) is 0. The fraction of sp³-hybridized carbons (Fsp3) is 0.222. The number of aromatic nitrogens is 4. The molecule has 3 heterocycles. The second kappa shape index (κ2) is 32.7. The number of urea groups is 1. The minimum absolute atomic E-state index is 0. The number of carbonyl (C=O) groups excluding carboxylic acids is 3. The van der Waals surface area contributed by atoms with Crippen molar-refractivity contribution in [2.24, 2.45) is 14.1 Å². The molecule has 16 nitrogen and oxygen atoms in total. The van der Waals surface area contributed by atoms with Gasteiger partial charge in [-0.25, -0.2) is 41.6 Å². The first-order chi connectivity index (χ1) is 31.5. The number of hydrogen-bond acceptors (Lipinski definition) is 9. The van der Waals surface area contributed by atoms with Crippen LogP contribution in [0.3, 0.4) is 0 Å². The first-order valence-electron chi connectivity index (χ1n) is 18.4. The van der Waals surface area contributed by atoms with Crippen molar-refractivity contribution in [3.8, 4) is 11.4 Å². The lowest BCUT2D eigenvalue weighted by atomic mass is 10.2. The van der Waals surface area contributed by atoms with Crippen molar-refractivity contribution in [3.05, 3.63) is 177 Å². The molecule has 4 aromatic carbocycles. The highest BCUT2D eigenvalue weighted by atomic mass is 127. The Bertz CT molecular complexity index is 3160. The van der Waals surface area contributed by atoms with Crippen LogP contribution in [0.15, 0.2) is 116 Å². The van der Waals surface area contributed by atoms with Gasteiger partial charge in [-0.3, -0.25) is 37.8 Å². The average Bonchev–Trinajstić information content (AvgIpc) is 3.24. The molecule has 6 aromatic rings. The summed E-state index contributed by atoms with van der Waals surface area (Å²) in [5.74, 6) is -3.20. The van der Waals surface area contributed by atoms with E-state index >= 15 is 0 Å². The van der Waals surface area contributed by atoms with E-state index in [1.165, 1.54) is 63.2 Å². The van der Waals surface area contributed by atoms with E-state index < -0.39 is 69.4 Å². The number of benzene rings is 4. The summed E-state index contributed by atoms with van der Waals surface area (Å²) in [5.41, 5.74) is -1.53. The summed E-state index contributed by atoms with van der Waals surface area (Å²) < 4.78 is 56.5. The zero-order valence-electron chi connectivity index (χ0n) is 35.9. The summed E-state index contributed by atoms with van der Waals surface area (Å²) in [5, 5.41) is -3.34. The third-order valence-electron chi connectivity index (χ3n) is 8.66. The molecule has 0 bridgehead atoms. The number of para-hydroxylation sites is 1. The van der Waals surface area contributed by atoms with Crippen molar-refractivity contribution in [2.45, 2.75) is 36.1 Å². The van der Waals surface area contributed by atoms with E-state index in [1.54, 1.807) is 18.2 Å². The van der Waals surface area contributed by atoms with Crippen molar-refractivity contribution in [1.29, 1.82) is 0 Å². The Hall–Kier alpha value is -3.73. The van der Waals surface area contributed by atoms with Gasteiger partial charge in [0.1, 0.15) is 34.2 Å². The van der Waals surface area contributed by atoms with Crippen LogP contribution < -0.4 is 32.3 Å². The highest BCUT2D eigenvalue weighted by Crippen LogP contribution is 2.61. The van der Waals surface area contributed by atoms with Gasteiger partial charge in [0.25, 0.3) is 11.1 Å². The Kier molecular flexibility index (Phi) is 32.9. The fourth-order valence-corrected chi connectivity index (χ4v) is 7.06. The fourth-order valence-electron chi connectivity index (χ4n) is 5.28. The standard InChI is InChI=1S/2C11H7ClFIN2O2.C11H8FIN2O3.C8H11N.4CH4.Cl3OP.H2O/c1-15-10(17)5-9(12)16(11(15)18)8-3-2-6(14)4-7(8)13;1-15-9(12)5-10(17)16(11(15)18)8-3-2-6(14)4-7(8)13;1-14-9(16)5-10(17)15(11(14)18)8-3-2-6(13)4-7(8)12;1-9(2)8-6-4-3-5-7-8;;;;;1-5(2,3)4;/h2*2-5H,1H3;2-4H,5H2,1H3;3-7H,1-2H3;4*1H4;;1H2. The lowest BCUT2D eigenvalue weighted by Crippen LogP contribution is -2.53. The summed E-state index contributed by atoms with van der Waals surface area (Å²) in [4.78, 5) is 85.3. The largest absolute Gasteiger partial charge is 0.412 e. The van der Waals surface area contributed by atoms with Crippen molar-refractivity contribution in [2.75, 3.05) is 30.9 Å². The SMILES string of the molecule is C.C.C.C.CN(C)c1ccccc1.CN1C(=O)CC(=O)N(c2ccc(I)cc2F)C1=O.Cn1c(=O)cc(Cl)n(-c2ccc(I)cc2F)c1=O.Cn1c(Cl)cc(=O)n(-c2ccc(I)cc2F)c1=O.O.O=P(Cl)(Cl)Cl. The molecule has 1 fully saturated rings. The number of imide groups is 2. The second-order valence-electron chi connectivity index (χ2n) is 13.5. The minimum Gasteiger partial charge on any atom is -0.412 e. The second-order valence-corrected chi connectivity index (χ2v) is 24.7. The van der Waals surface area contributed by atoms with Crippen LogP contribution in [0.4, 0.5) is 29.3 Å². The lowest BCUT2D eigenvalue weighted by Gasteiger charge is -2.30. The van der Waals surface area contributed by atoms with Gasteiger partial charge in [-0.05, 0) is 168 Å². The molecule has 1 saturated heterocycles. The van der Waals surface area contributed by atoms with Gasteiger partial charge in [-0.1, -0.05) is 71.1 Å². The Morgan fingerprint density at radius 3 is 1.33 bits per heavy atom. The maximum absolute atomic E-state index is 13.8. The predicted octanol–water partition coefficient (Wildman–Crippen LogP) is 11.9. The zero-order chi connectivity index (χ0) is 51.5. The van der Waals surface area contributed by atoms with E-state index in [9.17, 15) is 51.3 Å². The molecule has 4 amide bonds. The number of hydrogen-bond donors (Lipinski definition) is 0. The van der Waals surface area contributed by atoms with Gasteiger partial charge in [0.05, 0.1) is 17.1 Å². The molecule has 0 saturated carbocycles. The van der Waals surface area contributed by atoms with Crippen molar-refractivity contribution in [3.63, 3.8) is 0 Å². The van der Waals surface area contributed by atoms with Crippen LogP contribution in [-0.2, 0) is 28.2 Å². The number of amides is 4. The third kappa shape index (κ3) is 21.1. The summed E-state index contributed by atoms with van der Waals surface area (Å²) in [7, 11) is 8.05. The van der Waals surface area contributed by atoms with Crippen molar-refractivity contribution >= 4 is 159 Å². The number of rotatable bonds is 4. The Morgan fingerprint density at radius 2 is 0.932 bits per heavy atom. The van der Waals surface area contributed by atoms with Crippen LogP contribution in [0.5, 0.6) is 0 Å². The van der Waals surface area contributed by atoms with E-state index in [0.717, 1.165) is 35.3 Å². The Labute approximate surface area is 485 Å². The quantitative estimate of drug-likeness (QED) is 0.0713. The minimum atomic E-state index is -3.22. The molecule has 0 aliphatic carbocycles. The highest BCUT2D eigenvalue weighted by molar-refractivity contribution is 14.1. The molecule has 0 atom stereocenters. The molecule has 0 unspecified atom stereocenters. The molecule has 7 rings (SSSR count). The molecule has 1 aliphatic rings. The van der Waals surface area contributed by atoms with E-state index in [0.29, 0.717) is 15.6 Å². The number of barbiturate groups is 1. The normalized spacial score (nSPS) is 11.3. The van der Waals surface area contributed by atoms with Gasteiger partial charge in [-0.2, -0.15) is 0 Å². The smallest absolute Gasteiger partial charge is 0.339 e. The molecule has 0 radical (unpaired) electrons. The van der Waals surface area contributed by atoms with Crippen LogP contribution in [0, 0.1) is 28.2 Å². The maximum atomic E-state index is 13.8. The predicted molar refractivity (Wildman–Crippen MR) is 316 cm³/mol. The highest BCUT2D eigenvalue weighted by Gasteiger charge is 2.37. The molecular weight excluding hydrogens is 1430 g/mol. The Morgan fingerprint density at radius 1 is 0.548 bits per heavy atom. The van der Waals surface area contributed by atoms with Crippen molar-refractivity contribution < 1.29 is 37.6 Å². The van der Waals surface area contributed by atoms with E-state index in [4.69, 9.17) is 23.2 Å². The maximum Gasteiger partial charge on any atom is 0.339 e. The van der Waals surface area contributed by atoms with E-state index in [-0.39, 0.29) is 62.6 Å². The van der Waals surface area contributed by atoms with Crippen LogP contribution >= 0.6 is 130 Å². The van der Waals surface area contributed by atoms with Gasteiger partial charge < -0.3 is 10.4 Å². The van der Waals surface area contributed by atoms with Gasteiger partial charge in [0, 0.05) is 63.8 Å². The first kappa shape index (κ1) is 73.5. The topological polar surface area (TPSA) is 198 Å². The monoisotopic (exact) mass is 1480 g/mol. The molecule has 0 spiro atoms. The zero-order valence-corrected chi connectivity index (χ0v) is 47.1. The number of carbonyl (C=O) groups is 3. The van der Waals surface area contributed by atoms with Crippen LogP contribution in [-0.4, -0.2) is 67.6 Å². The van der Waals surface area contributed by atoms with Gasteiger partial charge >= 0.3 is 22.6 Å². The number of halogens is 11. The van der Waals surface area contributed by atoms with Crippen molar-refractivity contribution in [1.82, 2.24) is 23.2 Å². The number of anilines is 2. The van der Waals surface area contributed by atoms with Gasteiger partial charge in [0.2, 0.25) is 11.8 Å². The van der Waals surface area contributed by atoms with Crippen LogP contribution in [0.2, 0.25) is 10.3 Å². The van der Waals surface area contributed by atoms with Gasteiger partial charge in [-0.15, -0.1) is 0 Å². The number of nitrogens with zero attached hydrogens (tertiary/aromatic N) is 7. The van der Waals surface area contributed by atoms with Crippen LogP contribution in [0.1, 0.15) is 36.1 Å². The Balaban J connectivity index is -0.000000865. The van der Waals surface area contributed by atoms with E-state index in [1.807, 2.05) is 100 Å². The molecular formula is C45H51Cl5F3I3N7O9P. The first-order valence-corrected chi connectivity index (χ1v) is 26.8. The lowest BCUT2D eigenvalue weighted by molar-refractivity contribution is -0.134. The molecule has 402 valence electrons. The molecule has 2 N–H and O–H groups in total. The molecule has 2 aromatic heterocycles. The third-order valence-corrected chi connectivity index (χ3v) is 11.3.